The Kier molecular flexibility index (Phi) is 8.47. The highest BCUT2D eigenvalue weighted by Crippen LogP contribution is 2.40. The normalized spacial score (nSPS) is 21.9. The van der Waals surface area contributed by atoms with E-state index in [1.54, 1.807) is 30.5 Å². The minimum absolute atomic E-state index is 0.0770. The van der Waals surface area contributed by atoms with Crippen LogP contribution in [0.25, 0.3) is 10.4 Å². The number of hydrogen-bond acceptors (Lipinski definition) is 8. The van der Waals surface area contributed by atoms with E-state index in [-0.39, 0.29) is 28.7 Å². The largest absolute Gasteiger partial charge is 0.447 e. The number of benzene rings is 1. The lowest BCUT2D eigenvalue weighted by atomic mass is 9.86. The Bertz CT molecular complexity index is 1200. The highest BCUT2D eigenvalue weighted by Gasteiger charge is 2.36. The number of likely N-dealkylation sites (N-methyl/N-ethyl adjacent to an activating group) is 1. The van der Waals surface area contributed by atoms with Crippen LogP contribution in [0.4, 0.5) is 10.5 Å². The quantitative estimate of drug-likeness (QED) is 0.425. The number of alkyl carbamates (subject to hydrolysis) is 1. The lowest BCUT2D eigenvalue weighted by Crippen LogP contribution is -2.62. The predicted octanol–water partition coefficient (Wildman–Crippen LogP) is 4.39. The molecule has 2 aromatic rings. The molecule has 0 radical (unpaired) electrons. The maximum Gasteiger partial charge on any atom is 0.407 e. The SMILES string of the molecule is CCNS(=O)(=O)c1cc(NC2(C)CN(C)C2)ccc1-c1cnc([C@H]2CC[C@H](NC(=O)OC(C)C)CC2)s1. The standard InChI is InChI=1S/C26H39N5O4S2/c1-6-28-37(33,34)23-13-20(30-26(4)15-31(5)16-26)11-12-21(23)22-14-27-24(36-22)18-7-9-19(10-8-18)29-25(32)35-17(2)3/h11-14,17-19,28,30H,6-10,15-16H2,1-5H3,(H,29,32)/t18-,19-. The van der Waals surface area contributed by atoms with Crippen molar-refractivity contribution >= 4 is 33.1 Å². The lowest BCUT2D eigenvalue weighted by molar-refractivity contribution is 0.109. The molecular formula is C26H39N5O4S2. The van der Waals surface area contributed by atoms with Crippen molar-refractivity contribution in [2.75, 3.05) is 32.0 Å². The Morgan fingerprint density at radius 1 is 1.24 bits per heavy atom. The van der Waals surface area contributed by atoms with Crippen molar-refractivity contribution in [1.82, 2.24) is 19.9 Å². The molecule has 1 saturated heterocycles. The maximum absolute atomic E-state index is 13.2. The zero-order chi connectivity index (χ0) is 26.8. The van der Waals surface area contributed by atoms with E-state index in [0.717, 1.165) is 54.3 Å². The molecule has 1 aliphatic heterocycles. The molecule has 4 rings (SSSR count). The molecule has 1 aliphatic carbocycles. The maximum atomic E-state index is 13.2. The van der Waals surface area contributed by atoms with Crippen LogP contribution in [0.1, 0.15) is 64.3 Å². The molecule has 1 aromatic heterocycles. The van der Waals surface area contributed by atoms with E-state index in [1.165, 1.54) is 0 Å². The molecule has 3 N–H and O–H groups in total. The number of hydrogen-bond donors (Lipinski definition) is 3. The average molecular weight is 550 g/mol. The predicted molar refractivity (Wildman–Crippen MR) is 148 cm³/mol. The topological polar surface area (TPSA) is 113 Å². The molecular weight excluding hydrogens is 510 g/mol. The fourth-order valence-corrected chi connectivity index (χ4v) is 7.84. The third-order valence-electron chi connectivity index (χ3n) is 6.82. The van der Waals surface area contributed by atoms with Gasteiger partial charge < -0.3 is 20.3 Å². The first-order chi connectivity index (χ1) is 17.5. The van der Waals surface area contributed by atoms with E-state index in [1.807, 2.05) is 26.0 Å². The number of carbonyl (C=O) groups excluding carboxylic acids is 1. The molecule has 9 nitrogen and oxygen atoms in total. The molecule has 1 amide bonds. The van der Waals surface area contributed by atoms with Gasteiger partial charge in [0.05, 0.1) is 26.4 Å². The van der Waals surface area contributed by atoms with Crippen LogP contribution >= 0.6 is 11.3 Å². The fraction of sp³-hybridized carbons (Fsp3) is 0.615. The molecule has 0 atom stereocenters. The molecule has 0 unspecified atom stereocenters. The van der Waals surface area contributed by atoms with Crippen LogP contribution in [0.5, 0.6) is 0 Å². The van der Waals surface area contributed by atoms with Gasteiger partial charge in [0.15, 0.2) is 0 Å². The summed E-state index contributed by atoms with van der Waals surface area (Å²) in [5, 5.41) is 7.49. The van der Waals surface area contributed by atoms with Gasteiger partial charge >= 0.3 is 6.09 Å². The molecule has 2 heterocycles. The number of likely N-dealkylation sites (tertiary alicyclic amines) is 1. The van der Waals surface area contributed by atoms with Crippen molar-refractivity contribution in [2.24, 2.45) is 0 Å². The van der Waals surface area contributed by atoms with Crippen molar-refractivity contribution in [1.29, 1.82) is 0 Å². The van der Waals surface area contributed by atoms with Crippen molar-refractivity contribution in [3.05, 3.63) is 29.4 Å². The molecule has 1 aromatic carbocycles. The number of aromatic nitrogens is 1. The first-order valence-electron chi connectivity index (χ1n) is 13.0. The van der Waals surface area contributed by atoms with Crippen LogP contribution < -0.4 is 15.4 Å². The number of sulfonamides is 1. The average Bonchev–Trinajstić information content (AvgIpc) is 3.28. The monoisotopic (exact) mass is 549 g/mol. The minimum atomic E-state index is -3.68. The molecule has 1 saturated carbocycles. The number of rotatable bonds is 9. The van der Waals surface area contributed by atoms with Gasteiger partial charge in [0.2, 0.25) is 10.0 Å². The van der Waals surface area contributed by atoms with Crippen molar-refractivity contribution in [3.8, 4) is 10.4 Å². The number of carbonyl (C=O) groups is 1. The van der Waals surface area contributed by atoms with Gasteiger partial charge in [0.25, 0.3) is 0 Å². The van der Waals surface area contributed by atoms with Gasteiger partial charge in [0, 0.05) is 49.0 Å². The summed E-state index contributed by atoms with van der Waals surface area (Å²) >= 11 is 1.56. The summed E-state index contributed by atoms with van der Waals surface area (Å²) in [6.45, 7) is 9.72. The summed E-state index contributed by atoms with van der Waals surface area (Å²) < 4.78 is 34.2. The van der Waals surface area contributed by atoms with Crippen LogP contribution in [-0.4, -0.2) is 68.8 Å². The molecule has 2 fully saturated rings. The van der Waals surface area contributed by atoms with E-state index in [9.17, 15) is 13.2 Å². The van der Waals surface area contributed by atoms with Gasteiger partial charge in [-0.25, -0.2) is 22.9 Å². The zero-order valence-corrected chi connectivity index (χ0v) is 24.0. The summed E-state index contributed by atoms with van der Waals surface area (Å²) in [6.07, 6.45) is 4.85. The van der Waals surface area contributed by atoms with Gasteiger partial charge in [-0.3, -0.25) is 0 Å². The van der Waals surface area contributed by atoms with Crippen LogP contribution in [0.15, 0.2) is 29.3 Å². The molecule has 11 heteroatoms. The summed E-state index contributed by atoms with van der Waals surface area (Å²) in [5.41, 5.74) is 1.38. The smallest absolute Gasteiger partial charge is 0.407 e. The second-order valence-electron chi connectivity index (χ2n) is 10.8. The summed E-state index contributed by atoms with van der Waals surface area (Å²) in [7, 11) is -1.62. The number of anilines is 1. The Hall–Kier alpha value is -2.21. The summed E-state index contributed by atoms with van der Waals surface area (Å²) in [4.78, 5) is 19.9. The summed E-state index contributed by atoms with van der Waals surface area (Å²) in [6, 6.07) is 5.69. The first-order valence-corrected chi connectivity index (χ1v) is 15.3. The van der Waals surface area contributed by atoms with E-state index in [4.69, 9.17) is 9.72 Å². The van der Waals surface area contributed by atoms with Crippen molar-refractivity contribution in [2.45, 2.75) is 81.9 Å². The van der Waals surface area contributed by atoms with Crippen LogP contribution in [0.3, 0.4) is 0 Å². The molecule has 0 spiro atoms. The Morgan fingerprint density at radius 2 is 1.95 bits per heavy atom. The van der Waals surface area contributed by atoms with E-state index >= 15 is 0 Å². The van der Waals surface area contributed by atoms with Crippen molar-refractivity contribution in [3.63, 3.8) is 0 Å². The number of amides is 1. The van der Waals surface area contributed by atoms with Crippen LogP contribution in [0, 0.1) is 0 Å². The van der Waals surface area contributed by atoms with Gasteiger partial charge in [-0.2, -0.15) is 0 Å². The van der Waals surface area contributed by atoms with Crippen LogP contribution in [-0.2, 0) is 14.8 Å². The molecule has 204 valence electrons. The molecule has 2 aliphatic rings. The van der Waals surface area contributed by atoms with Gasteiger partial charge in [-0.15, -0.1) is 11.3 Å². The lowest BCUT2D eigenvalue weighted by Gasteiger charge is -2.47. The Labute approximate surface area is 224 Å². The highest BCUT2D eigenvalue weighted by molar-refractivity contribution is 7.89. The summed E-state index contributed by atoms with van der Waals surface area (Å²) in [5.74, 6) is 0.295. The third kappa shape index (κ3) is 6.81. The number of thiazole rings is 1. The first kappa shape index (κ1) is 27.8. The fourth-order valence-electron chi connectivity index (χ4n) is 5.37. The van der Waals surface area contributed by atoms with Crippen LogP contribution in [0.2, 0.25) is 0 Å². The van der Waals surface area contributed by atoms with Gasteiger partial charge in [-0.1, -0.05) is 13.0 Å². The number of nitrogens with one attached hydrogen (secondary N) is 3. The van der Waals surface area contributed by atoms with E-state index in [2.05, 4.69) is 34.2 Å². The number of nitrogens with zero attached hydrogens (tertiary/aromatic N) is 2. The molecule has 0 bridgehead atoms. The Balaban J connectivity index is 1.50. The van der Waals surface area contributed by atoms with Gasteiger partial charge in [0.1, 0.15) is 0 Å². The second-order valence-corrected chi connectivity index (χ2v) is 13.6. The number of ether oxygens (including phenoxy) is 1. The second kappa shape index (κ2) is 11.3. The minimum Gasteiger partial charge on any atom is -0.447 e. The Morgan fingerprint density at radius 3 is 2.57 bits per heavy atom. The third-order valence-corrected chi connectivity index (χ3v) is 9.60. The molecule has 37 heavy (non-hydrogen) atoms. The zero-order valence-electron chi connectivity index (χ0n) is 22.3. The van der Waals surface area contributed by atoms with Gasteiger partial charge in [-0.05, 0) is 65.6 Å². The van der Waals surface area contributed by atoms with Crippen molar-refractivity contribution < 1.29 is 17.9 Å². The van der Waals surface area contributed by atoms with E-state index < -0.39 is 10.0 Å². The van der Waals surface area contributed by atoms with E-state index in [0.29, 0.717) is 18.0 Å². The highest BCUT2D eigenvalue weighted by atomic mass is 32.2.